The Hall–Kier alpha value is -2.62. The van der Waals surface area contributed by atoms with Crippen molar-refractivity contribution in [3.8, 4) is 11.1 Å². The first-order valence-electron chi connectivity index (χ1n) is 9.18. The Labute approximate surface area is 154 Å². The van der Waals surface area contributed by atoms with Gasteiger partial charge in [0.05, 0.1) is 0 Å². The third-order valence-electron chi connectivity index (χ3n) is 4.84. The molecule has 1 aromatic carbocycles. The second kappa shape index (κ2) is 7.32. The van der Waals surface area contributed by atoms with Crippen LogP contribution in [0.1, 0.15) is 48.2 Å². The van der Waals surface area contributed by atoms with Crippen LogP contribution in [0.5, 0.6) is 0 Å². The van der Waals surface area contributed by atoms with Gasteiger partial charge in [-0.05, 0) is 43.0 Å². The third-order valence-corrected chi connectivity index (χ3v) is 4.84. The molecular formula is C22H26N2O2. The van der Waals surface area contributed by atoms with Crippen LogP contribution >= 0.6 is 0 Å². The van der Waals surface area contributed by atoms with Gasteiger partial charge in [-0.15, -0.1) is 0 Å². The van der Waals surface area contributed by atoms with E-state index < -0.39 is 0 Å². The molecular weight excluding hydrogens is 324 g/mol. The number of amides is 1. The SMILES string of the molecule is CCCCn1cc(-c2cccc(C(=O)N(C)C)c2)c2c(c1=O)CC(C)=C2. The molecule has 0 unspecified atom stereocenters. The van der Waals surface area contributed by atoms with Gasteiger partial charge in [-0.3, -0.25) is 9.59 Å². The molecule has 0 spiro atoms. The van der Waals surface area contributed by atoms with Gasteiger partial charge in [0.2, 0.25) is 0 Å². The molecule has 0 fully saturated rings. The summed E-state index contributed by atoms with van der Waals surface area (Å²) in [6, 6.07) is 7.68. The minimum Gasteiger partial charge on any atom is -0.345 e. The van der Waals surface area contributed by atoms with E-state index in [0.717, 1.165) is 41.6 Å². The number of carbonyl (C=O) groups excluding carboxylic acids is 1. The highest BCUT2D eigenvalue weighted by molar-refractivity contribution is 5.95. The Balaban J connectivity index is 2.16. The zero-order valence-corrected chi connectivity index (χ0v) is 16.0. The van der Waals surface area contributed by atoms with Crippen molar-refractivity contribution in [2.24, 2.45) is 0 Å². The lowest BCUT2D eigenvalue weighted by Crippen LogP contribution is -2.24. The fourth-order valence-corrected chi connectivity index (χ4v) is 3.45. The van der Waals surface area contributed by atoms with Gasteiger partial charge >= 0.3 is 0 Å². The van der Waals surface area contributed by atoms with E-state index in [9.17, 15) is 9.59 Å². The van der Waals surface area contributed by atoms with Crippen LogP contribution in [0.25, 0.3) is 17.2 Å². The lowest BCUT2D eigenvalue weighted by molar-refractivity contribution is 0.0827. The number of hydrogen-bond acceptors (Lipinski definition) is 2. The van der Waals surface area contributed by atoms with E-state index in [1.165, 1.54) is 5.57 Å². The molecule has 4 heteroatoms. The van der Waals surface area contributed by atoms with Crippen molar-refractivity contribution in [2.45, 2.75) is 39.7 Å². The first-order chi connectivity index (χ1) is 12.4. The molecule has 0 saturated heterocycles. The highest BCUT2D eigenvalue weighted by atomic mass is 16.2. The van der Waals surface area contributed by atoms with Gasteiger partial charge in [-0.2, -0.15) is 0 Å². The summed E-state index contributed by atoms with van der Waals surface area (Å²) in [4.78, 5) is 26.7. The highest BCUT2D eigenvalue weighted by Gasteiger charge is 2.21. The van der Waals surface area contributed by atoms with Gasteiger partial charge < -0.3 is 9.47 Å². The van der Waals surface area contributed by atoms with Gasteiger partial charge in [-0.1, -0.05) is 37.1 Å². The zero-order chi connectivity index (χ0) is 18.8. The maximum atomic E-state index is 12.8. The van der Waals surface area contributed by atoms with Gasteiger partial charge in [0.15, 0.2) is 0 Å². The van der Waals surface area contributed by atoms with Gasteiger partial charge in [0.1, 0.15) is 0 Å². The van der Waals surface area contributed by atoms with Crippen LogP contribution in [0.15, 0.2) is 40.8 Å². The topological polar surface area (TPSA) is 42.3 Å². The smallest absolute Gasteiger partial charge is 0.254 e. The molecule has 26 heavy (non-hydrogen) atoms. The van der Waals surface area contributed by atoms with Crippen LogP contribution < -0.4 is 5.56 Å². The standard InChI is InChI=1S/C22H26N2O2/c1-5-6-10-24-14-20(18-11-15(2)12-19(18)22(24)26)16-8-7-9-17(13-16)21(25)23(3)4/h7-9,11,13-14H,5-6,10,12H2,1-4H3. The molecule has 0 bridgehead atoms. The summed E-state index contributed by atoms with van der Waals surface area (Å²) >= 11 is 0. The van der Waals surface area contributed by atoms with E-state index in [-0.39, 0.29) is 11.5 Å². The number of aromatic nitrogens is 1. The first kappa shape index (κ1) is 18.2. The van der Waals surface area contributed by atoms with Crippen molar-refractivity contribution in [1.82, 2.24) is 9.47 Å². The van der Waals surface area contributed by atoms with E-state index in [1.807, 2.05) is 35.0 Å². The van der Waals surface area contributed by atoms with Gasteiger partial charge in [0.25, 0.3) is 11.5 Å². The molecule has 1 aromatic heterocycles. The number of allylic oxidation sites excluding steroid dienone is 1. The molecule has 0 N–H and O–H groups in total. The summed E-state index contributed by atoms with van der Waals surface area (Å²) in [7, 11) is 3.51. The number of nitrogens with zero attached hydrogens (tertiary/aromatic N) is 2. The molecule has 0 atom stereocenters. The number of carbonyl (C=O) groups is 1. The number of hydrogen-bond donors (Lipinski definition) is 0. The van der Waals surface area contributed by atoms with E-state index in [1.54, 1.807) is 19.0 Å². The number of rotatable bonds is 5. The Morgan fingerprint density at radius 2 is 2.04 bits per heavy atom. The Morgan fingerprint density at radius 3 is 2.73 bits per heavy atom. The molecule has 2 aromatic rings. The minimum atomic E-state index is -0.0190. The van der Waals surface area contributed by atoms with Crippen molar-refractivity contribution >= 4 is 12.0 Å². The lowest BCUT2D eigenvalue weighted by atomic mass is 9.97. The molecule has 1 amide bonds. The number of unbranched alkanes of at least 4 members (excludes halogenated alkanes) is 1. The summed E-state index contributed by atoms with van der Waals surface area (Å²) in [6.07, 6.45) is 6.80. The fraction of sp³-hybridized carbons (Fsp3) is 0.364. The number of pyridine rings is 1. The molecule has 136 valence electrons. The van der Waals surface area contributed by atoms with Crippen LogP contribution in [0.3, 0.4) is 0 Å². The summed E-state index contributed by atoms with van der Waals surface area (Å²) in [5.74, 6) is -0.0190. The normalized spacial score (nSPS) is 12.7. The van der Waals surface area contributed by atoms with E-state index in [0.29, 0.717) is 12.0 Å². The van der Waals surface area contributed by atoms with E-state index in [2.05, 4.69) is 19.9 Å². The van der Waals surface area contributed by atoms with Crippen molar-refractivity contribution < 1.29 is 4.79 Å². The molecule has 4 nitrogen and oxygen atoms in total. The molecule has 1 aliphatic carbocycles. The van der Waals surface area contributed by atoms with Crippen LogP contribution in [-0.4, -0.2) is 29.5 Å². The number of aryl methyl sites for hydroxylation is 1. The summed E-state index contributed by atoms with van der Waals surface area (Å²) in [5.41, 5.74) is 5.87. The Bertz CT molecular complexity index is 936. The number of fused-ring (bicyclic) bond motifs is 1. The average Bonchev–Trinajstić information content (AvgIpc) is 3.02. The summed E-state index contributed by atoms with van der Waals surface area (Å²) < 4.78 is 1.84. The van der Waals surface area contributed by atoms with Crippen molar-refractivity contribution in [1.29, 1.82) is 0 Å². The number of benzene rings is 1. The summed E-state index contributed by atoms with van der Waals surface area (Å²) in [6.45, 7) is 4.91. The second-order valence-electron chi connectivity index (χ2n) is 7.23. The fourth-order valence-electron chi connectivity index (χ4n) is 3.45. The molecule has 1 aliphatic rings. The van der Waals surface area contributed by atoms with Gasteiger partial charge in [-0.25, -0.2) is 0 Å². The monoisotopic (exact) mass is 350 g/mol. The quantitative estimate of drug-likeness (QED) is 0.819. The maximum absolute atomic E-state index is 12.8. The Kier molecular flexibility index (Phi) is 5.12. The van der Waals surface area contributed by atoms with E-state index in [4.69, 9.17) is 0 Å². The average molecular weight is 350 g/mol. The maximum Gasteiger partial charge on any atom is 0.254 e. The van der Waals surface area contributed by atoms with E-state index >= 15 is 0 Å². The minimum absolute atomic E-state index is 0.0190. The van der Waals surface area contributed by atoms with Crippen LogP contribution in [0.2, 0.25) is 0 Å². The zero-order valence-electron chi connectivity index (χ0n) is 16.0. The van der Waals surface area contributed by atoms with Crippen molar-refractivity contribution in [2.75, 3.05) is 14.1 Å². The second-order valence-corrected chi connectivity index (χ2v) is 7.23. The first-order valence-corrected chi connectivity index (χ1v) is 9.18. The highest BCUT2D eigenvalue weighted by Crippen LogP contribution is 2.32. The van der Waals surface area contributed by atoms with Crippen molar-refractivity contribution in [3.05, 3.63) is 63.1 Å². The molecule has 0 aliphatic heterocycles. The van der Waals surface area contributed by atoms with Gasteiger partial charge in [0, 0.05) is 43.5 Å². The van der Waals surface area contributed by atoms with Crippen LogP contribution in [0, 0.1) is 0 Å². The van der Waals surface area contributed by atoms with Crippen LogP contribution in [-0.2, 0) is 13.0 Å². The van der Waals surface area contributed by atoms with Crippen molar-refractivity contribution in [3.63, 3.8) is 0 Å². The van der Waals surface area contributed by atoms with Crippen LogP contribution in [0.4, 0.5) is 0 Å². The largest absolute Gasteiger partial charge is 0.345 e. The molecule has 0 saturated carbocycles. The third kappa shape index (κ3) is 3.36. The molecule has 0 radical (unpaired) electrons. The lowest BCUT2D eigenvalue weighted by Gasteiger charge is -2.15. The molecule has 3 rings (SSSR count). The Morgan fingerprint density at radius 1 is 1.27 bits per heavy atom. The summed E-state index contributed by atoms with van der Waals surface area (Å²) in [5, 5.41) is 0. The predicted molar refractivity (Wildman–Crippen MR) is 106 cm³/mol. The predicted octanol–water partition coefficient (Wildman–Crippen LogP) is 3.98. The molecule has 1 heterocycles.